The highest BCUT2D eigenvalue weighted by molar-refractivity contribution is 5.78. The first kappa shape index (κ1) is 11.9. The van der Waals surface area contributed by atoms with Gasteiger partial charge in [0.15, 0.2) is 0 Å². The van der Waals surface area contributed by atoms with Crippen molar-refractivity contribution in [3.05, 3.63) is 11.3 Å². The predicted molar refractivity (Wildman–Crippen MR) is 64.0 cm³/mol. The number of nitrogens with zero attached hydrogens (tertiary/aromatic N) is 3. The molecule has 0 bridgehead atoms. The molecule has 17 heavy (non-hydrogen) atoms. The molecule has 4 N–H and O–H groups in total. The fourth-order valence-corrected chi connectivity index (χ4v) is 2.12. The third-order valence-corrected chi connectivity index (χ3v) is 2.98. The van der Waals surface area contributed by atoms with Crippen LogP contribution in [0.15, 0.2) is 0 Å². The lowest BCUT2D eigenvalue weighted by molar-refractivity contribution is -0.124. The highest BCUT2D eigenvalue weighted by Crippen LogP contribution is 2.19. The van der Waals surface area contributed by atoms with Crippen LogP contribution < -0.4 is 16.6 Å². The van der Waals surface area contributed by atoms with Crippen LogP contribution in [0.4, 0.5) is 5.82 Å². The smallest absolute Gasteiger partial charge is 0.234 e. The summed E-state index contributed by atoms with van der Waals surface area (Å²) >= 11 is 0. The third-order valence-electron chi connectivity index (χ3n) is 2.98. The van der Waals surface area contributed by atoms with Gasteiger partial charge in [0.2, 0.25) is 5.91 Å². The standard InChI is InChI=1S/C10H18N6O/c1-7-8(10(13-11)15(2)14-7)5-16-4-3-12-9(17)6-16/h13H,3-6,11H2,1-2H3,(H,12,17). The van der Waals surface area contributed by atoms with E-state index in [1.165, 1.54) is 0 Å². The number of amides is 1. The number of aryl methyl sites for hydroxylation is 2. The number of anilines is 1. The molecular formula is C10H18N6O. The van der Waals surface area contributed by atoms with Gasteiger partial charge in [0.25, 0.3) is 0 Å². The van der Waals surface area contributed by atoms with E-state index in [0.717, 1.165) is 23.6 Å². The van der Waals surface area contributed by atoms with Gasteiger partial charge in [-0.1, -0.05) is 0 Å². The molecule has 0 aromatic carbocycles. The maximum atomic E-state index is 11.3. The van der Waals surface area contributed by atoms with Crippen molar-refractivity contribution in [1.29, 1.82) is 0 Å². The van der Waals surface area contributed by atoms with Gasteiger partial charge in [0, 0.05) is 32.2 Å². The molecule has 1 aliphatic heterocycles. The van der Waals surface area contributed by atoms with Gasteiger partial charge < -0.3 is 10.7 Å². The fraction of sp³-hybridized carbons (Fsp3) is 0.600. The highest BCUT2D eigenvalue weighted by Gasteiger charge is 2.20. The molecule has 1 amide bonds. The first-order valence-corrected chi connectivity index (χ1v) is 5.60. The minimum Gasteiger partial charge on any atom is -0.354 e. The first-order valence-electron chi connectivity index (χ1n) is 5.60. The van der Waals surface area contributed by atoms with E-state index in [9.17, 15) is 4.79 Å². The van der Waals surface area contributed by atoms with Gasteiger partial charge in [0.1, 0.15) is 5.82 Å². The van der Waals surface area contributed by atoms with Crippen LogP contribution in [0.2, 0.25) is 0 Å². The summed E-state index contributed by atoms with van der Waals surface area (Å²) in [5.41, 5.74) is 4.64. The molecule has 0 saturated carbocycles. The summed E-state index contributed by atoms with van der Waals surface area (Å²) in [4.78, 5) is 13.4. The van der Waals surface area contributed by atoms with Crippen LogP contribution in [-0.2, 0) is 18.4 Å². The number of carbonyl (C=O) groups excluding carboxylic acids is 1. The predicted octanol–water partition coefficient (Wildman–Crippen LogP) is -1.05. The summed E-state index contributed by atoms with van der Waals surface area (Å²) in [6, 6.07) is 0. The molecule has 1 aliphatic rings. The summed E-state index contributed by atoms with van der Waals surface area (Å²) in [6.07, 6.45) is 0. The lowest BCUT2D eigenvalue weighted by atomic mass is 10.2. The molecule has 0 aliphatic carbocycles. The Morgan fingerprint density at radius 1 is 1.59 bits per heavy atom. The molecule has 0 atom stereocenters. The van der Waals surface area contributed by atoms with Crippen LogP contribution in [0, 0.1) is 6.92 Å². The Balaban J connectivity index is 2.14. The van der Waals surface area contributed by atoms with Gasteiger partial charge in [-0.15, -0.1) is 0 Å². The third kappa shape index (κ3) is 2.40. The molecule has 0 radical (unpaired) electrons. The Labute approximate surface area is 99.9 Å². The molecule has 0 unspecified atom stereocenters. The molecule has 7 heteroatoms. The van der Waals surface area contributed by atoms with Crippen LogP contribution in [0.3, 0.4) is 0 Å². The molecule has 0 spiro atoms. The van der Waals surface area contributed by atoms with Crippen LogP contribution in [-0.4, -0.2) is 40.2 Å². The molecule has 1 saturated heterocycles. The van der Waals surface area contributed by atoms with Gasteiger partial charge in [-0.25, -0.2) is 5.84 Å². The zero-order valence-electron chi connectivity index (χ0n) is 10.2. The van der Waals surface area contributed by atoms with E-state index in [4.69, 9.17) is 5.84 Å². The number of hydrazine groups is 1. The van der Waals surface area contributed by atoms with Gasteiger partial charge in [-0.2, -0.15) is 5.10 Å². The summed E-state index contributed by atoms with van der Waals surface area (Å²) in [6.45, 7) is 4.61. The summed E-state index contributed by atoms with van der Waals surface area (Å²) in [5.74, 6) is 6.36. The molecule has 1 aromatic heterocycles. The molecule has 1 fully saturated rings. The summed E-state index contributed by atoms with van der Waals surface area (Å²) in [7, 11) is 1.84. The Morgan fingerprint density at radius 2 is 2.35 bits per heavy atom. The second kappa shape index (κ2) is 4.72. The molecular weight excluding hydrogens is 220 g/mol. The number of nitrogens with two attached hydrogens (primary N) is 1. The number of carbonyl (C=O) groups is 1. The number of nitrogens with one attached hydrogen (secondary N) is 2. The maximum Gasteiger partial charge on any atom is 0.234 e. The second-order valence-electron chi connectivity index (χ2n) is 4.24. The quantitative estimate of drug-likeness (QED) is 0.462. The number of hydrogen-bond donors (Lipinski definition) is 3. The van der Waals surface area contributed by atoms with Gasteiger partial charge in [-0.3, -0.25) is 14.4 Å². The number of piperazine rings is 1. The van der Waals surface area contributed by atoms with Crippen molar-refractivity contribution in [3.8, 4) is 0 Å². The van der Waals surface area contributed by atoms with Gasteiger partial charge in [-0.05, 0) is 6.92 Å². The van der Waals surface area contributed by atoms with Crippen molar-refractivity contribution in [2.45, 2.75) is 13.5 Å². The number of hydrogen-bond acceptors (Lipinski definition) is 5. The van der Waals surface area contributed by atoms with E-state index in [-0.39, 0.29) is 5.91 Å². The second-order valence-corrected chi connectivity index (χ2v) is 4.24. The highest BCUT2D eigenvalue weighted by atomic mass is 16.2. The molecule has 94 valence electrons. The lowest BCUT2D eigenvalue weighted by Gasteiger charge is -2.26. The lowest BCUT2D eigenvalue weighted by Crippen LogP contribution is -2.47. The van der Waals surface area contributed by atoms with Gasteiger partial charge in [0.05, 0.1) is 12.2 Å². The van der Waals surface area contributed by atoms with Crippen LogP contribution >= 0.6 is 0 Å². The summed E-state index contributed by atoms with van der Waals surface area (Å²) in [5, 5.41) is 7.12. The van der Waals surface area contributed by atoms with Crippen LogP contribution in [0.1, 0.15) is 11.3 Å². The average molecular weight is 238 g/mol. The molecule has 7 nitrogen and oxygen atoms in total. The molecule has 2 rings (SSSR count). The Kier molecular flexibility index (Phi) is 3.30. The minimum atomic E-state index is 0.0695. The maximum absolute atomic E-state index is 11.3. The van der Waals surface area contributed by atoms with E-state index in [0.29, 0.717) is 19.6 Å². The van der Waals surface area contributed by atoms with E-state index in [1.54, 1.807) is 4.68 Å². The van der Waals surface area contributed by atoms with E-state index in [1.807, 2.05) is 14.0 Å². The van der Waals surface area contributed by atoms with E-state index >= 15 is 0 Å². The van der Waals surface area contributed by atoms with Crippen molar-refractivity contribution in [1.82, 2.24) is 20.0 Å². The van der Waals surface area contributed by atoms with Crippen molar-refractivity contribution in [2.24, 2.45) is 12.9 Å². The van der Waals surface area contributed by atoms with Crippen molar-refractivity contribution in [3.63, 3.8) is 0 Å². The Morgan fingerprint density at radius 3 is 3.00 bits per heavy atom. The normalized spacial score (nSPS) is 17.0. The molecule has 2 heterocycles. The van der Waals surface area contributed by atoms with Crippen molar-refractivity contribution < 1.29 is 4.79 Å². The monoisotopic (exact) mass is 238 g/mol. The number of rotatable bonds is 3. The van der Waals surface area contributed by atoms with Gasteiger partial charge >= 0.3 is 0 Å². The fourth-order valence-electron chi connectivity index (χ4n) is 2.12. The summed E-state index contributed by atoms with van der Waals surface area (Å²) < 4.78 is 1.72. The van der Waals surface area contributed by atoms with Crippen molar-refractivity contribution in [2.75, 3.05) is 25.1 Å². The van der Waals surface area contributed by atoms with E-state index < -0.39 is 0 Å². The van der Waals surface area contributed by atoms with Crippen molar-refractivity contribution >= 4 is 11.7 Å². The average Bonchev–Trinajstić information content (AvgIpc) is 2.53. The first-order chi connectivity index (χ1) is 8.11. The minimum absolute atomic E-state index is 0.0695. The largest absolute Gasteiger partial charge is 0.354 e. The zero-order chi connectivity index (χ0) is 12.4. The van der Waals surface area contributed by atoms with Crippen LogP contribution in [0.5, 0.6) is 0 Å². The zero-order valence-corrected chi connectivity index (χ0v) is 10.2. The van der Waals surface area contributed by atoms with Crippen LogP contribution in [0.25, 0.3) is 0 Å². The topological polar surface area (TPSA) is 88.2 Å². The number of aromatic nitrogens is 2. The number of nitrogen functional groups attached to an aromatic ring is 1. The SMILES string of the molecule is Cc1nn(C)c(NN)c1CN1CCNC(=O)C1. The molecule has 1 aromatic rings. The Hall–Kier alpha value is -1.60. The Bertz CT molecular complexity index is 427. The van der Waals surface area contributed by atoms with E-state index in [2.05, 4.69) is 20.7 Å².